The highest BCUT2D eigenvalue weighted by atomic mass is 16.5. The third-order valence-electron chi connectivity index (χ3n) is 6.36. The molecule has 1 amide bonds. The third kappa shape index (κ3) is 4.97. The first-order chi connectivity index (χ1) is 15.6. The zero-order valence-electron chi connectivity index (χ0n) is 18.7. The average Bonchev–Trinajstić information content (AvgIpc) is 3.18. The van der Waals surface area contributed by atoms with Gasteiger partial charge in [0.15, 0.2) is 0 Å². The molecule has 2 aliphatic rings. The normalized spacial score (nSPS) is 16.9. The highest BCUT2D eigenvalue weighted by molar-refractivity contribution is 5.92. The van der Waals surface area contributed by atoms with E-state index in [1.807, 2.05) is 54.3 Å². The van der Waals surface area contributed by atoms with Gasteiger partial charge in [0.05, 0.1) is 13.2 Å². The summed E-state index contributed by atoms with van der Waals surface area (Å²) >= 11 is 0. The fourth-order valence-electron chi connectivity index (χ4n) is 4.45. The summed E-state index contributed by atoms with van der Waals surface area (Å²) in [6.45, 7) is 6.37. The minimum absolute atomic E-state index is 0.00579. The molecule has 0 atom stereocenters. The van der Waals surface area contributed by atoms with Crippen molar-refractivity contribution in [2.24, 2.45) is 5.73 Å². The SMILES string of the molecule is CCOCCOc1cccc(/C=C/C(=O)N2CCC3(CC2)COc2ccc(CN)cc23)c1. The summed E-state index contributed by atoms with van der Waals surface area (Å²) in [6, 6.07) is 14.0. The van der Waals surface area contributed by atoms with E-state index in [2.05, 4.69) is 6.07 Å². The summed E-state index contributed by atoms with van der Waals surface area (Å²) in [5, 5.41) is 0. The number of carbonyl (C=O) groups excluding carboxylic acids is 1. The Kier molecular flexibility index (Phi) is 7.12. The summed E-state index contributed by atoms with van der Waals surface area (Å²) < 4.78 is 17.0. The van der Waals surface area contributed by atoms with Crippen LogP contribution in [0, 0.1) is 0 Å². The standard InChI is InChI=1S/C26H32N2O4/c1-2-30-14-15-31-22-5-3-4-20(16-22)7-9-25(29)28-12-10-26(11-13-28)19-32-24-8-6-21(18-27)17-23(24)26/h3-9,16-17H,2,10-15,18-19,27H2,1H3/b9-7+. The Balaban J connectivity index is 1.34. The van der Waals surface area contributed by atoms with Gasteiger partial charge in [0.2, 0.25) is 5.91 Å². The van der Waals surface area contributed by atoms with Crippen molar-refractivity contribution in [3.63, 3.8) is 0 Å². The number of nitrogens with two attached hydrogens (primary N) is 1. The van der Waals surface area contributed by atoms with Crippen LogP contribution < -0.4 is 15.2 Å². The van der Waals surface area contributed by atoms with Crippen LogP contribution in [0.1, 0.15) is 36.5 Å². The third-order valence-corrected chi connectivity index (χ3v) is 6.36. The van der Waals surface area contributed by atoms with E-state index in [0.29, 0.717) is 33.0 Å². The molecule has 2 aromatic rings. The number of benzene rings is 2. The predicted octanol–water partition coefficient (Wildman–Crippen LogP) is 3.53. The minimum Gasteiger partial charge on any atom is -0.492 e. The van der Waals surface area contributed by atoms with Gasteiger partial charge in [-0.3, -0.25) is 4.79 Å². The van der Waals surface area contributed by atoms with E-state index in [-0.39, 0.29) is 11.3 Å². The molecule has 0 aromatic heterocycles. The number of hydrogen-bond acceptors (Lipinski definition) is 5. The predicted molar refractivity (Wildman–Crippen MR) is 125 cm³/mol. The molecule has 0 bridgehead atoms. The average molecular weight is 437 g/mol. The molecule has 170 valence electrons. The van der Waals surface area contributed by atoms with Crippen LogP contribution in [0.25, 0.3) is 6.08 Å². The number of nitrogens with zero attached hydrogens (tertiary/aromatic N) is 1. The molecular weight excluding hydrogens is 404 g/mol. The van der Waals surface area contributed by atoms with Crippen molar-refractivity contribution in [1.82, 2.24) is 4.90 Å². The maximum atomic E-state index is 12.8. The van der Waals surface area contributed by atoms with Crippen LogP contribution in [0.2, 0.25) is 0 Å². The topological polar surface area (TPSA) is 74.0 Å². The number of ether oxygens (including phenoxy) is 3. The molecule has 0 saturated carbocycles. The zero-order chi connectivity index (χ0) is 22.4. The van der Waals surface area contributed by atoms with Gasteiger partial charge < -0.3 is 24.8 Å². The Morgan fingerprint density at radius 2 is 2.03 bits per heavy atom. The molecule has 2 aliphatic heterocycles. The second-order valence-electron chi connectivity index (χ2n) is 8.38. The molecule has 2 heterocycles. The molecule has 0 unspecified atom stereocenters. The summed E-state index contributed by atoms with van der Waals surface area (Å²) in [6.07, 6.45) is 5.31. The molecule has 2 N–H and O–H groups in total. The van der Waals surface area contributed by atoms with Gasteiger partial charge in [-0.05, 0) is 55.2 Å². The van der Waals surface area contributed by atoms with Crippen molar-refractivity contribution < 1.29 is 19.0 Å². The lowest BCUT2D eigenvalue weighted by Crippen LogP contribution is -2.45. The zero-order valence-corrected chi connectivity index (χ0v) is 18.7. The Morgan fingerprint density at radius 1 is 1.19 bits per heavy atom. The van der Waals surface area contributed by atoms with Gasteiger partial charge in [0, 0.05) is 43.3 Å². The Labute approximate surface area is 189 Å². The van der Waals surface area contributed by atoms with Crippen LogP contribution in [-0.4, -0.2) is 50.3 Å². The largest absolute Gasteiger partial charge is 0.492 e. The van der Waals surface area contributed by atoms with Crippen LogP contribution in [-0.2, 0) is 21.5 Å². The van der Waals surface area contributed by atoms with Gasteiger partial charge in [-0.1, -0.05) is 24.3 Å². The first-order valence-electron chi connectivity index (χ1n) is 11.4. The van der Waals surface area contributed by atoms with E-state index in [4.69, 9.17) is 19.9 Å². The number of likely N-dealkylation sites (tertiary alicyclic amines) is 1. The van der Waals surface area contributed by atoms with E-state index < -0.39 is 0 Å². The van der Waals surface area contributed by atoms with Crippen LogP contribution >= 0.6 is 0 Å². The maximum Gasteiger partial charge on any atom is 0.246 e. The van der Waals surface area contributed by atoms with Gasteiger partial charge >= 0.3 is 0 Å². The molecule has 1 saturated heterocycles. The van der Waals surface area contributed by atoms with Gasteiger partial charge in [0.25, 0.3) is 0 Å². The van der Waals surface area contributed by atoms with E-state index in [1.54, 1.807) is 6.08 Å². The van der Waals surface area contributed by atoms with Gasteiger partial charge in [-0.2, -0.15) is 0 Å². The molecular formula is C26H32N2O4. The molecule has 32 heavy (non-hydrogen) atoms. The molecule has 2 aromatic carbocycles. The first-order valence-corrected chi connectivity index (χ1v) is 11.4. The molecule has 6 heteroatoms. The molecule has 1 fully saturated rings. The quantitative estimate of drug-likeness (QED) is 0.506. The minimum atomic E-state index is -0.00579. The number of fused-ring (bicyclic) bond motifs is 2. The molecule has 0 aliphatic carbocycles. The summed E-state index contributed by atoms with van der Waals surface area (Å²) in [7, 11) is 0. The van der Waals surface area contributed by atoms with E-state index >= 15 is 0 Å². The number of carbonyl (C=O) groups is 1. The fraction of sp³-hybridized carbons (Fsp3) is 0.423. The highest BCUT2D eigenvalue weighted by Crippen LogP contribution is 2.45. The number of piperidine rings is 1. The number of rotatable bonds is 8. The van der Waals surface area contributed by atoms with Crippen molar-refractivity contribution in [2.45, 2.75) is 31.7 Å². The monoisotopic (exact) mass is 436 g/mol. The Hall–Kier alpha value is -2.83. The lowest BCUT2D eigenvalue weighted by atomic mass is 9.74. The van der Waals surface area contributed by atoms with E-state index in [0.717, 1.165) is 48.6 Å². The summed E-state index contributed by atoms with van der Waals surface area (Å²) in [4.78, 5) is 14.7. The van der Waals surface area contributed by atoms with Crippen molar-refractivity contribution >= 4 is 12.0 Å². The number of amides is 1. The van der Waals surface area contributed by atoms with Gasteiger partial charge in [-0.25, -0.2) is 0 Å². The Morgan fingerprint density at radius 3 is 2.81 bits per heavy atom. The first kappa shape index (κ1) is 22.4. The second kappa shape index (κ2) is 10.2. The van der Waals surface area contributed by atoms with E-state index in [1.165, 1.54) is 5.56 Å². The van der Waals surface area contributed by atoms with Crippen LogP contribution in [0.4, 0.5) is 0 Å². The van der Waals surface area contributed by atoms with Crippen molar-refractivity contribution in [3.05, 3.63) is 65.2 Å². The smallest absolute Gasteiger partial charge is 0.246 e. The lowest BCUT2D eigenvalue weighted by Gasteiger charge is -2.38. The summed E-state index contributed by atoms with van der Waals surface area (Å²) in [5.41, 5.74) is 9.15. The molecule has 1 spiro atoms. The van der Waals surface area contributed by atoms with Crippen molar-refractivity contribution in [3.8, 4) is 11.5 Å². The van der Waals surface area contributed by atoms with Crippen LogP contribution in [0.5, 0.6) is 11.5 Å². The Bertz CT molecular complexity index is 964. The second-order valence-corrected chi connectivity index (χ2v) is 8.38. The molecule has 6 nitrogen and oxygen atoms in total. The van der Waals surface area contributed by atoms with E-state index in [9.17, 15) is 4.79 Å². The lowest BCUT2D eigenvalue weighted by molar-refractivity contribution is -0.127. The fourth-order valence-corrected chi connectivity index (χ4v) is 4.45. The van der Waals surface area contributed by atoms with Crippen molar-refractivity contribution in [1.29, 1.82) is 0 Å². The molecule has 0 radical (unpaired) electrons. The summed E-state index contributed by atoms with van der Waals surface area (Å²) in [5.74, 6) is 1.78. The van der Waals surface area contributed by atoms with Crippen molar-refractivity contribution in [2.75, 3.05) is 39.5 Å². The van der Waals surface area contributed by atoms with Crippen LogP contribution in [0.15, 0.2) is 48.5 Å². The maximum absolute atomic E-state index is 12.8. The van der Waals surface area contributed by atoms with Crippen LogP contribution in [0.3, 0.4) is 0 Å². The van der Waals surface area contributed by atoms with Gasteiger partial charge in [-0.15, -0.1) is 0 Å². The van der Waals surface area contributed by atoms with Gasteiger partial charge in [0.1, 0.15) is 18.1 Å². The number of hydrogen-bond donors (Lipinski definition) is 1. The molecule has 4 rings (SSSR count). The highest BCUT2D eigenvalue weighted by Gasteiger charge is 2.43.